The summed E-state index contributed by atoms with van der Waals surface area (Å²) in [5.41, 5.74) is 1.84. The van der Waals surface area contributed by atoms with Gasteiger partial charge in [0.2, 0.25) is 0 Å². The molecule has 1 N–H and O–H groups in total. The van der Waals surface area contributed by atoms with Crippen LogP contribution in [0.4, 0.5) is 16.2 Å². The third-order valence-electron chi connectivity index (χ3n) is 3.32. The highest BCUT2D eigenvalue weighted by Gasteiger charge is 2.20. The molecule has 5 nitrogen and oxygen atoms in total. The number of nitrogens with one attached hydrogen (secondary N) is 1. The van der Waals surface area contributed by atoms with Gasteiger partial charge in [-0.1, -0.05) is 42.1 Å². The van der Waals surface area contributed by atoms with E-state index in [1.807, 2.05) is 13.0 Å². The first-order valence-electron chi connectivity index (χ1n) is 6.85. The molecule has 0 spiro atoms. The zero-order valence-electron chi connectivity index (χ0n) is 13.3. The van der Waals surface area contributed by atoms with Gasteiger partial charge < -0.3 is 14.8 Å². The number of hydrogen-bond donors (Lipinski definition) is 2. The van der Waals surface area contributed by atoms with Gasteiger partial charge >= 0.3 is 6.03 Å². The molecule has 0 heterocycles. The van der Waals surface area contributed by atoms with Gasteiger partial charge in [-0.3, -0.25) is 0 Å². The lowest BCUT2D eigenvalue weighted by Gasteiger charge is -2.21. The van der Waals surface area contributed by atoms with Gasteiger partial charge in [-0.2, -0.15) is 0 Å². The summed E-state index contributed by atoms with van der Waals surface area (Å²) in [5.74, 6) is 0.828. The maximum atomic E-state index is 12.5. The smallest absolute Gasteiger partial charge is 0.336 e. The van der Waals surface area contributed by atoms with Crippen molar-refractivity contribution < 1.29 is 14.3 Å². The molecule has 0 radical (unpaired) electrons. The monoisotopic (exact) mass is 386 g/mol. The van der Waals surface area contributed by atoms with Crippen LogP contribution in [0.25, 0.3) is 0 Å². The van der Waals surface area contributed by atoms with Crippen molar-refractivity contribution in [2.45, 2.75) is 6.92 Å². The second kappa shape index (κ2) is 7.88. The predicted octanol–water partition coefficient (Wildman–Crippen LogP) is 5.20. The van der Waals surface area contributed by atoms with Crippen LogP contribution < -0.4 is 19.1 Å². The fourth-order valence-corrected chi connectivity index (χ4v) is 2.63. The first kappa shape index (κ1) is 18.6. The van der Waals surface area contributed by atoms with Crippen molar-refractivity contribution in [2.24, 2.45) is 0 Å². The van der Waals surface area contributed by atoms with Crippen LogP contribution in [-0.4, -0.2) is 20.3 Å². The van der Waals surface area contributed by atoms with E-state index in [0.29, 0.717) is 32.9 Å². The third kappa shape index (κ3) is 4.01. The molecule has 0 saturated carbocycles. The zero-order chi connectivity index (χ0) is 17.9. The number of urea groups is 1. The Bertz CT molecular complexity index is 771. The zero-order valence-corrected chi connectivity index (χ0v) is 15.7. The summed E-state index contributed by atoms with van der Waals surface area (Å²) in [7, 11) is 2.97. The molecule has 0 aliphatic heterocycles. The largest absolute Gasteiger partial charge is 0.495 e. The van der Waals surface area contributed by atoms with Crippen molar-refractivity contribution in [3.05, 3.63) is 45.9 Å². The standard InChI is InChI=1S/C16H16Cl2N2O3S/c1-9-4-5-10(17)6-12(9)19-16(21)20(24)13-7-11(18)14(22-2)8-15(13)23-3/h4-8,24H,1-3H3,(H,19,21). The number of nitrogens with zero attached hydrogens (tertiary/aromatic N) is 1. The Morgan fingerprint density at radius 1 is 1.12 bits per heavy atom. The first-order valence-corrected chi connectivity index (χ1v) is 8.00. The highest BCUT2D eigenvalue weighted by Crippen LogP contribution is 2.39. The van der Waals surface area contributed by atoms with E-state index in [9.17, 15) is 4.79 Å². The molecule has 0 fully saturated rings. The maximum absolute atomic E-state index is 12.5. The number of hydrogen-bond acceptors (Lipinski definition) is 4. The van der Waals surface area contributed by atoms with Crippen molar-refractivity contribution in [3.63, 3.8) is 0 Å². The Kier molecular flexibility index (Phi) is 6.10. The molecule has 2 aromatic carbocycles. The number of methoxy groups -OCH3 is 2. The fourth-order valence-electron chi connectivity index (χ4n) is 2.02. The lowest BCUT2D eigenvalue weighted by atomic mass is 10.2. The first-order chi connectivity index (χ1) is 11.4. The van der Waals surface area contributed by atoms with Crippen LogP contribution in [-0.2, 0) is 0 Å². The van der Waals surface area contributed by atoms with Crippen LogP contribution in [0.15, 0.2) is 30.3 Å². The number of ether oxygens (including phenoxy) is 2. The molecule has 128 valence electrons. The van der Waals surface area contributed by atoms with E-state index in [-0.39, 0.29) is 0 Å². The van der Waals surface area contributed by atoms with Gasteiger partial charge in [0.1, 0.15) is 17.2 Å². The lowest BCUT2D eigenvalue weighted by Crippen LogP contribution is -2.27. The molecule has 0 aliphatic carbocycles. The van der Waals surface area contributed by atoms with E-state index in [4.69, 9.17) is 32.7 Å². The molecule has 2 amide bonds. The molecule has 0 aromatic heterocycles. The Hall–Kier alpha value is -1.76. The number of benzene rings is 2. The minimum absolute atomic E-state index is 0.332. The molecule has 0 saturated heterocycles. The highest BCUT2D eigenvalue weighted by molar-refractivity contribution is 7.82. The summed E-state index contributed by atoms with van der Waals surface area (Å²) in [5, 5.41) is 3.60. The highest BCUT2D eigenvalue weighted by atomic mass is 35.5. The van der Waals surface area contributed by atoms with E-state index in [2.05, 4.69) is 18.1 Å². The summed E-state index contributed by atoms with van der Waals surface area (Å²) in [6.45, 7) is 1.86. The molecule has 8 heteroatoms. The second-order valence-electron chi connectivity index (χ2n) is 4.86. The normalized spacial score (nSPS) is 10.2. The molecule has 0 aliphatic rings. The molecule has 0 unspecified atom stereocenters. The average molecular weight is 387 g/mol. The van der Waals surface area contributed by atoms with Crippen molar-refractivity contribution >= 4 is 53.4 Å². The van der Waals surface area contributed by atoms with Gasteiger partial charge in [0.05, 0.1) is 19.2 Å². The Morgan fingerprint density at radius 3 is 2.42 bits per heavy atom. The summed E-state index contributed by atoms with van der Waals surface area (Å²) in [6, 6.07) is 7.86. The van der Waals surface area contributed by atoms with E-state index in [1.165, 1.54) is 20.3 Å². The molecular formula is C16H16Cl2N2O3S. The van der Waals surface area contributed by atoms with E-state index >= 15 is 0 Å². The van der Waals surface area contributed by atoms with E-state index in [1.54, 1.807) is 18.2 Å². The van der Waals surface area contributed by atoms with Crippen LogP contribution in [0, 0.1) is 6.92 Å². The van der Waals surface area contributed by atoms with Crippen molar-refractivity contribution in [2.75, 3.05) is 23.8 Å². The molecule has 2 aromatic rings. The average Bonchev–Trinajstić information content (AvgIpc) is 2.57. The number of thiol groups is 1. The van der Waals surface area contributed by atoms with Crippen LogP contribution in [0.5, 0.6) is 11.5 Å². The van der Waals surface area contributed by atoms with Crippen LogP contribution in [0.3, 0.4) is 0 Å². The quantitative estimate of drug-likeness (QED) is 0.709. The summed E-state index contributed by atoms with van der Waals surface area (Å²) in [6.07, 6.45) is 0. The van der Waals surface area contributed by atoms with Crippen LogP contribution in [0.1, 0.15) is 5.56 Å². The van der Waals surface area contributed by atoms with Gasteiger partial charge in [0.25, 0.3) is 0 Å². The summed E-state index contributed by atoms with van der Waals surface area (Å²) >= 11 is 16.3. The van der Waals surface area contributed by atoms with Crippen molar-refractivity contribution in [1.82, 2.24) is 0 Å². The van der Waals surface area contributed by atoms with Crippen LogP contribution in [0.2, 0.25) is 10.0 Å². The number of aryl methyl sites for hydroxylation is 1. The van der Waals surface area contributed by atoms with Gasteiger partial charge in [-0.25, -0.2) is 9.10 Å². The van der Waals surface area contributed by atoms with E-state index in [0.717, 1.165) is 9.87 Å². The third-order valence-corrected chi connectivity index (χ3v) is 4.24. The minimum Gasteiger partial charge on any atom is -0.495 e. The fraction of sp³-hybridized carbons (Fsp3) is 0.188. The van der Waals surface area contributed by atoms with Gasteiger partial charge in [-0.15, -0.1) is 0 Å². The molecule has 2 rings (SSSR count). The number of anilines is 2. The van der Waals surface area contributed by atoms with Crippen molar-refractivity contribution in [1.29, 1.82) is 0 Å². The lowest BCUT2D eigenvalue weighted by molar-refractivity contribution is 0.260. The molecular weight excluding hydrogens is 371 g/mol. The molecule has 24 heavy (non-hydrogen) atoms. The minimum atomic E-state index is -0.483. The van der Waals surface area contributed by atoms with Gasteiger partial charge in [-0.05, 0) is 30.7 Å². The van der Waals surface area contributed by atoms with Gasteiger partial charge in [0.15, 0.2) is 0 Å². The maximum Gasteiger partial charge on any atom is 0.336 e. The second-order valence-corrected chi connectivity index (χ2v) is 6.10. The Morgan fingerprint density at radius 2 is 1.79 bits per heavy atom. The van der Waals surface area contributed by atoms with Crippen molar-refractivity contribution in [3.8, 4) is 11.5 Å². The van der Waals surface area contributed by atoms with Gasteiger partial charge in [0, 0.05) is 16.8 Å². The number of halogens is 2. The van der Waals surface area contributed by atoms with E-state index < -0.39 is 6.03 Å². The van der Waals surface area contributed by atoms with Crippen LogP contribution >= 0.6 is 36.0 Å². The molecule has 0 bridgehead atoms. The Balaban J connectivity index is 2.30. The SMILES string of the molecule is COc1cc(OC)c(N(S)C(=O)Nc2cc(Cl)ccc2C)cc1Cl. The summed E-state index contributed by atoms with van der Waals surface area (Å²) < 4.78 is 11.5. The Labute approximate surface area is 156 Å². The topological polar surface area (TPSA) is 50.8 Å². The molecule has 0 atom stereocenters. The number of rotatable bonds is 4. The predicted molar refractivity (Wildman–Crippen MR) is 101 cm³/mol. The summed E-state index contributed by atoms with van der Waals surface area (Å²) in [4.78, 5) is 12.5. The number of carbonyl (C=O) groups is 1. The number of carbonyl (C=O) groups excluding carboxylic acids is 1. The number of amides is 2.